The molecular formula is C17H24N2O3. The summed E-state index contributed by atoms with van der Waals surface area (Å²) in [6.07, 6.45) is 2.52. The van der Waals surface area contributed by atoms with Crippen LogP contribution in [0.4, 0.5) is 5.69 Å². The van der Waals surface area contributed by atoms with E-state index in [9.17, 15) is 4.79 Å². The fourth-order valence-corrected chi connectivity index (χ4v) is 3.12. The van der Waals surface area contributed by atoms with Gasteiger partial charge in [0, 0.05) is 32.4 Å². The Morgan fingerprint density at radius 1 is 1.27 bits per heavy atom. The molecular weight excluding hydrogens is 280 g/mol. The van der Waals surface area contributed by atoms with Gasteiger partial charge in [0.25, 0.3) is 0 Å². The number of ether oxygens (including phenoxy) is 2. The number of nitrogens with zero attached hydrogens (tertiary/aromatic N) is 1. The number of hydrogen-bond acceptors (Lipinski definition) is 4. The average Bonchev–Trinajstić information content (AvgIpc) is 3.12. The summed E-state index contributed by atoms with van der Waals surface area (Å²) in [6, 6.07) is 7.45. The molecule has 120 valence electrons. The highest BCUT2D eigenvalue weighted by molar-refractivity contribution is 5.91. The second-order valence-corrected chi connectivity index (χ2v) is 6.22. The number of piperidine rings is 1. The van der Waals surface area contributed by atoms with E-state index in [0.717, 1.165) is 42.8 Å². The van der Waals surface area contributed by atoms with Gasteiger partial charge in [0.05, 0.1) is 6.61 Å². The van der Waals surface area contributed by atoms with Gasteiger partial charge < -0.3 is 19.7 Å². The second-order valence-electron chi connectivity index (χ2n) is 6.22. The van der Waals surface area contributed by atoms with Gasteiger partial charge in [0.15, 0.2) is 0 Å². The minimum Gasteiger partial charge on any atom is -0.494 e. The Hall–Kier alpha value is -1.59. The summed E-state index contributed by atoms with van der Waals surface area (Å²) in [5.41, 5.74) is 0.755. The van der Waals surface area contributed by atoms with Gasteiger partial charge in [-0.05, 0) is 48.9 Å². The molecule has 1 aromatic carbocycles. The molecule has 0 spiro atoms. The molecule has 1 saturated heterocycles. The van der Waals surface area contributed by atoms with Crippen LogP contribution in [0.15, 0.2) is 24.3 Å². The maximum Gasteiger partial charge on any atom is 0.250 e. The zero-order valence-corrected chi connectivity index (χ0v) is 13.1. The third kappa shape index (κ3) is 4.21. The molecule has 1 aliphatic carbocycles. The standard InChI is InChI=1S/C17H24N2O3/c1-21-12-17(20)18-15-3-5-16(6-4-15)22-8-2-7-19-10-13-9-14(13)11-19/h3-6,13-14H,2,7-12H2,1H3,(H,18,20). The molecule has 0 aromatic heterocycles. The molecule has 5 heteroatoms. The molecule has 22 heavy (non-hydrogen) atoms. The monoisotopic (exact) mass is 304 g/mol. The van der Waals surface area contributed by atoms with Gasteiger partial charge >= 0.3 is 0 Å². The van der Waals surface area contributed by atoms with Crippen LogP contribution < -0.4 is 10.1 Å². The van der Waals surface area contributed by atoms with Crippen LogP contribution in [0.2, 0.25) is 0 Å². The Labute approximate surface area is 131 Å². The minimum absolute atomic E-state index is 0.0659. The van der Waals surface area contributed by atoms with Crippen molar-refractivity contribution in [3.63, 3.8) is 0 Å². The Balaban J connectivity index is 1.33. The van der Waals surface area contributed by atoms with Crippen LogP contribution in [0.1, 0.15) is 12.8 Å². The molecule has 2 aliphatic rings. The second kappa shape index (κ2) is 7.11. The van der Waals surface area contributed by atoms with Gasteiger partial charge in [-0.15, -0.1) is 0 Å². The van der Waals surface area contributed by atoms with Crippen molar-refractivity contribution < 1.29 is 14.3 Å². The lowest BCUT2D eigenvalue weighted by Gasteiger charge is -2.17. The van der Waals surface area contributed by atoms with Crippen LogP contribution in [0, 0.1) is 11.8 Å². The zero-order chi connectivity index (χ0) is 15.4. The van der Waals surface area contributed by atoms with Crippen LogP contribution in [-0.2, 0) is 9.53 Å². The van der Waals surface area contributed by atoms with Crippen LogP contribution in [0.3, 0.4) is 0 Å². The van der Waals surface area contributed by atoms with E-state index in [4.69, 9.17) is 9.47 Å². The fourth-order valence-electron chi connectivity index (χ4n) is 3.12. The van der Waals surface area contributed by atoms with Crippen molar-refractivity contribution in [3.8, 4) is 5.75 Å². The van der Waals surface area contributed by atoms with E-state index >= 15 is 0 Å². The predicted molar refractivity (Wildman–Crippen MR) is 85.1 cm³/mol. The first-order valence-corrected chi connectivity index (χ1v) is 7.98. The highest BCUT2D eigenvalue weighted by atomic mass is 16.5. The highest BCUT2D eigenvalue weighted by Gasteiger charge is 2.44. The smallest absolute Gasteiger partial charge is 0.250 e. The topological polar surface area (TPSA) is 50.8 Å². The van der Waals surface area contributed by atoms with E-state index in [1.54, 1.807) is 0 Å². The van der Waals surface area contributed by atoms with Crippen LogP contribution in [-0.4, -0.2) is 50.8 Å². The Kier molecular flexibility index (Phi) is 4.95. The lowest BCUT2D eigenvalue weighted by atomic mass is 10.3. The number of carbonyl (C=O) groups excluding carboxylic acids is 1. The summed E-state index contributed by atoms with van der Waals surface area (Å²) in [5.74, 6) is 2.69. The number of likely N-dealkylation sites (tertiary alicyclic amines) is 1. The van der Waals surface area contributed by atoms with Gasteiger partial charge in [-0.3, -0.25) is 4.79 Å². The van der Waals surface area contributed by atoms with Crippen molar-refractivity contribution in [2.75, 3.05) is 45.3 Å². The lowest BCUT2D eigenvalue weighted by molar-refractivity contribution is -0.119. The highest BCUT2D eigenvalue weighted by Crippen LogP contribution is 2.44. The van der Waals surface area contributed by atoms with Gasteiger partial charge in [-0.1, -0.05) is 0 Å². The average molecular weight is 304 g/mol. The van der Waals surface area contributed by atoms with E-state index in [2.05, 4.69) is 10.2 Å². The molecule has 1 heterocycles. The molecule has 2 unspecified atom stereocenters. The number of hydrogen-bond donors (Lipinski definition) is 1. The molecule has 2 fully saturated rings. The maximum absolute atomic E-state index is 11.4. The number of fused-ring (bicyclic) bond motifs is 1. The Morgan fingerprint density at radius 3 is 2.68 bits per heavy atom. The number of anilines is 1. The number of amides is 1. The largest absolute Gasteiger partial charge is 0.494 e. The van der Waals surface area contributed by atoms with Gasteiger partial charge in [-0.25, -0.2) is 0 Å². The summed E-state index contributed by atoms with van der Waals surface area (Å²) in [6.45, 7) is 4.52. The molecule has 5 nitrogen and oxygen atoms in total. The SMILES string of the molecule is COCC(=O)Nc1ccc(OCCCN2CC3CC3C2)cc1. The van der Waals surface area contributed by atoms with E-state index in [-0.39, 0.29) is 12.5 Å². The van der Waals surface area contributed by atoms with Crippen molar-refractivity contribution >= 4 is 11.6 Å². The van der Waals surface area contributed by atoms with E-state index in [1.165, 1.54) is 26.6 Å². The lowest BCUT2D eigenvalue weighted by Crippen LogP contribution is -2.25. The fraction of sp³-hybridized carbons (Fsp3) is 0.588. The summed E-state index contributed by atoms with van der Waals surface area (Å²) in [7, 11) is 1.50. The quantitative estimate of drug-likeness (QED) is 0.746. The third-order valence-corrected chi connectivity index (χ3v) is 4.36. The van der Waals surface area contributed by atoms with Crippen molar-refractivity contribution in [3.05, 3.63) is 24.3 Å². The normalized spacial score (nSPS) is 23.1. The first-order chi connectivity index (χ1) is 10.7. The van der Waals surface area contributed by atoms with E-state index in [0.29, 0.717) is 0 Å². The molecule has 1 N–H and O–H groups in total. The van der Waals surface area contributed by atoms with Crippen LogP contribution in [0.25, 0.3) is 0 Å². The summed E-state index contributed by atoms with van der Waals surface area (Å²) < 4.78 is 10.5. The molecule has 1 amide bonds. The number of methoxy groups -OCH3 is 1. The van der Waals surface area contributed by atoms with Crippen molar-refractivity contribution in [1.29, 1.82) is 0 Å². The predicted octanol–water partition coefficient (Wildman–Crippen LogP) is 1.99. The van der Waals surface area contributed by atoms with Gasteiger partial charge in [0.1, 0.15) is 12.4 Å². The van der Waals surface area contributed by atoms with Crippen molar-refractivity contribution in [1.82, 2.24) is 4.90 Å². The molecule has 3 rings (SSSR count). The molecule has 1 saturated carbocycles. The maximum atomic E-state index is 11.4. The third-order valence-electron chi connectivity index (χ3n) is 4.36. The summed E-state index contributed by atoms with van der Waals surface area (Å²) in [4.78, 5) is 13.9. The summed E-state index contributed by atoms with van der Waals surface area (Å²) in [5, 5.41) is 2.76. The first-order valence-electron chi connectivity index (χ1n) is 7.98. The molecule has 1 aromatic rings. The van der Waals surface area contributed by atoms with Crippen molar-refractivity contribution in [2.24, 2.45) is 11.8 Å². The zero-order valence-electron chi connectivity index (χ0n) is 13.1. The number of benzene rings is 1. The van der Waals surface area contributed by atoms with E-state index in [1.807, 2.05) is 24.3 Å². The molecule has 1 aliphatic heterocycles. The Morgan fingerprint density at radius 2 is 2.00 bits per heavy atom. The number of rotatable bonds is 8. The minimum atomic E-state index is -0.153. The van der Waals surface area contributed by atoms with Gasteiger partial charge in [-0.2, -0.15) is 0 Å². The molecule has 0 bridgehead atoms. The number of carbonyl (C=O) groups is 1. The van der Waals surface area contributed by atoms with Gasteiger partial charge in [0.2, 0.25) is 5.91 Å². The first kappa shape index (κ1) is 15.3. The Bertz CT molecular complexity index is 493. The molecule has 2 atom stereocenters. The van der Waals surface area contributed by atoms with Crippen molar-refractivity contribution in [2.45, 2.75) is 12.8 Å². The molecule has 0 radical (unpaired) electrons. The number of nitrogens with one attached hydrogen (secondary N) is 1. The summed E-state index contributed by atoms with van der Waals surface area (Å²) >= 11 is 0. The van der Waals surface area contributed by atoms with E-state index < -0.39 is 0 Å². The van der Waals surface area contributed by atoms with Crippen LogP contribution >= 0.6 is 0 Å². The van der Waals surface area contributed by atoms with Crippen LogP contribution in [0.5, 0.6) is 5.75 Å².